The van der Waals surface area contributed by atoms with Crippen LogP contribution in [0.3, 0.4) is 0 Å². The van der Waals surface area contributed by atoms with E-state index in [0.717, 1.165) is 6.20 Å². The lowest BCUT2D eigenvalue weighted by atomic mass is 10.3. The standard InChI is InChI=1S/C10H8F3NO3/c1-2-10(12,13)5-17-8-7(11)3-6(4-14-8)9(15)16/h2-4H,1,5H2,(H,15,16). The molecule has 1 aromatic rings. The summed E-state index contributed by atoms with van der Waals surface area (Å²) in [6.07, 6.45) is 1.17. The van der Waals surface area contributed by atoms with E-state index in [9.17, 15) is 18.0 Å². The van der Waals surface area contributed by atoms with Crippen LogP contribution in [0.25, 0.3) is 0 Å². The van der Waals surface area contributed by atoms with Crippen LogP contribution in [0, 0.1) is 5.82 Å². The SMILES string of the molecule is C=CC(F)(F)COc1ncc(C(=O)O)cc1F. The normalized spacial score (nSPS) is 11.0. The van der Waals surface area contributed by atoms with Crippen molar-refractivity contribution in [1.82, 2.24) is 4.98 Å². The van der Waals surface area contributed by atoms with E-state index in [1.165, 1.54) is 0 Å². The van der Waals surface area contributed by atoms with E-state index in [0.29, 0.717) is 12.1 Å². The molecule has 1 rings (SSSR count). The summed E-state index contributed by atoms with van der Waals surface area (Å²) in [5, 5.41) is 8.52. The van der Waals surface area contributed by atoms with E-state index in [1.54, 1.807) is 0 Å². The van der Waals surface area contributed by atoms with Gasteiger partial charge in [-0.2, -0.15) is 8.78 Å². The van der Waals surface area contributed by atoms with Crippen molar-refractivity contribution in [2.24, 2.45) is 0 Å². The van der Waals surface area contributed by atoms with Gasteiger partial charge in [-0.15, -0.1) is 0 Å². The third-order valence-electron chi connectivity index (χ3n) is 1.75. The van der Waals surface area contributed by atoms with Crippen LogP contribution >= 0.6 is 0 Å². The number of carboxylic acid groups (broad SMARTS) is 1. The molecule has 1 aromatic heterocycles. The van der Waals surface area contributed by atoms with Gasteiger partial charge in [0.05, 0.1) is 5.56 Å². The Kier molecular flexibility index (Phi) is 3.72. The molecule has 0 aliphatic carbocycles. The second kappa shape index (κ2) is 4.86. The van der Waals surface area contributed by atoms with Crippen LogP contribution in [-0.2, 0) is 0 Å². The Morgan fingerprint density at radius 2 is 2.29 bits per heavy atom. The monoisotopic (exact) mass is 247 g/mol. The summed E-state index contributed by atoms with van der Waals surface area (Å²) in [6, 6.07) is 0.636. The molecule has 1 N–H and O–H groups in total. The summed E-state index contributed by atoms with van der Waals surface area (Å²) in [7, 11) is 0. The first-order valence-electron chi connectivity index (χ1n) is 4.39. The summed E-state index contributed by atoms with van der Waals surface area (Å²) in [5.74, 6) is -6.49. The van der Waals surface area contributed by atoms with Crippen molar-refractivity contribution in [2.75, 3.05) is 6.61 Å². The van der Waals surface area contributed by atoms with Gasteiger partial charge in [-0.1, -0.05) is 6.58 Å². The largest absolute Gasteiger partial charge is 0.478 e. The van der Waals surface area contributed by atoms with E-state index in [4.69, 9.17) is 5.11 Å². The first kappa shape index (κ1) is 13.0. The number of carboxylic acids is 1. The predicted molar refractivity (Wildman–Crippen MR) is 51.8 cm³/mol. The number of hydrogen-bond acceptors (Lipinski definition) is 3. The zero-order valence-corrected chi connectivity index (χ0v) is 8.49. The Bertz CT molecular complexity index is 448. The molecule has 0 saturated heterocycles. The molecule has 0 aliphatic rings. The Hall–Kier alpha value is -2.05. The van der Waals surface area contributed by atoms with E-state index in [2.05, 4.69) is 16.3 Å². The van der Waals surface area contributed by atoms with Gasteiger partial charge in [-0.05, 0) is 12.1 Å². The summed E-state index contributed by atoms with van der Waals surface area (Å²) < 4.78 is 43.0. The Labute approximate surface area is 94.4 Å². The lowest BCUT2D eigenvalue weighted by molar-refractivity contribution is 0.00261. The smallest absolute Gasteiger partial charge is 0.337 e. The quantitative estimate of drug-likeness (QED) is 0.809. The molecular weight excluding hydrogens is 239 g/mol. The lowest BCUT2D eigenvalue weighted by Crippen LogP contribution is -2.23. The van der Waals surface area contributed by atoms with Gasteiger partial charge in [0.1, 0.15) is 0 Å². The highest BCUT2D eigenvalue weighted by atomic mass is 19.3. The van der Waals surface area contributed by atoms with Crippen LogP contribution in [0.15, 0.2) is 24.9 Å². The predicted octanol–water partition coefficient (Wildman–Crippen LogP) is 2.12. The minimum Gasteiger partial charge on any atom is -0.478 e. The van der Waals surface area contributed by atoms with Crippen molar-refractivity contribution in [3.05, 3.63) is 36.3 Å². The molecule has 1 heterocycles. The number of aromatic carboxylic acids is 1. The van der Waals surface area contributed by atoms with Crippen LogP contribution in [0.5, 0.6) is 5.88 Å². The van der Waals surface area contributed by atoms with E-state index in [-0.39, 0.29) is 0 Å². The minimum absolute atomic E-state index is 0.358. The summed E-state index contributed by atoms with van der Waals surface area (Å²) in [4.78, 5) is 13.7. The fraction of sp³-hybridized carbons (Fsp3) is 0.200. The molecule has 0 unspecified atom stereocenters. The topological polar surface area (TPSA) is 59.4 Å². The molecule has 0 bridgehead atoms. The molecule has 0 radical (unpaired) electrons. The Morgan fingerprint density at radius 3 is 2.76 bits per heavy atom. The number of pyridine rings is 1. The van der Waals surface area contributed by atoms with Crippen molar-refractivity contribution in [1.29, 1.82) is 0 Å². The van der Waals surface area contributed by atoms with Crippen molar-refractivity contribution >= 4 is 5.97 Å². The van der Waals surface area contributed by atoms with Gasteiger partial charge in [-0.25, -0.2) is 14.2 Å². The number of carbonyl (C=O) groups is 1. The number of nitrogens with zero attached hydrogens (tertiary/aromatic N) is 1. The van der Waals surface area contributed by atoms with Crippen LogP contribution < -0.4 is 4.74 Å². The Balaban J connectivity index is 2.80. The molecule has 4 nitrogen and oxygen atoms in total. The fourth-order valence-corrected chi connectivity index (χ4v) is 0.872. The van der Waals surface area contributed by atoms with E-state index >= 15 is 0 Å². The fourth-order valence-electron chi connectivity index (χ4n) is 0.872. The maximum absolute atomic E-state index is 13.2. The zero-order chi connectivity index (χ0) is 13.1. The molecule has 92 valence electrons. The molecule has 0 aliphatic heterocycles. The molecular formula is C10H8F3NO3. The number of aromatic nitrogens is 1. The zero-order valence-electron chi connectivity index (χ0n) is 8.49. The van der Waals surface area contributed by atoms with Gasteiger partial charge >= 0.3 is 5.97 Å². The average molecular weight is 247 g/mol. The summed E-state index contributed by atoms with van der Waals surface area (Å²) in [5.41, 5.74) is -0.398. The highest BCUT2D eigenvalue weighted by molar-refractivity contribution is 5.87. The van der Waals surface area contributed by atoms with Crippen molar-refractivity contribution in [3.8, 4) is 5.88 Å². The Morgan fingerprint density at radius 1 is 1.65 bits per heavy atom. The van der Waals surface area contributed by atoms with E-state index in [1.807, 2.05) is 0 Å². The van der Waals surface area contributed by atoms with Gasteiger partial charge in [-0.3, -0.25) is 0 Å². The maximum Gasteiger partial charge on any atom is 0.337 e. The minimum atomic E-state index is -3.31. The van der Waals surface area contributed by atoms with Crippen molar-refractivity contribution < 1.29 is 27.8 Å². The van der Waals surface area contributed by atoms with E-state index < -0.39 is 35.8 Å². The number of hydrogen-bond donors (Lipinski definition) is 1. The molecule has 0 atom stereocenters. The van der Waals surface area contributed by atoms with Crippen LogP contribution in [-0.4, -0.2) is 28.6 Å². The molecule has 0 spiro atoms. The van der Waals surface area contributed by atoms with Gasteiger partial charge < -0.3 is 9.84 Å². The molecule has 0 amide bonds. The highest BCUT2D eigenvalue weighted by Crippen LogP contribution is 2.19. The third kappa shape index (κ3) is 3.47. The third-order valence-corrected chi connectivity index (χ3v) is 1.75. The number of ether oxygens (including phenoxy) is 1. The van der Waals surface area contributed by atoms with Crippen molar-refractivity contribution in [2.45, 2.75) is 5.92 Å². The highest BCUT2D eigenvalue weighted by Gasteiger charge is 2.26. The van der Waals surface area contributed by atoms with Gasteiger partial charge in [0, 0.05) is 6.20 Å². The molecule has 0 fully saturated rings. The molecule has 0 aromatic carbocycles. The molecule has 17 heavy (non-hydrogen) atoms. The van der Waals surface area contributed by atoms with Gasteiger partial charge in [0.15, 0.2) is 12.4 Å². The molecule has 7 heteroatoms. The second-order valence-corrected chi connectivity index (χ2v) is 3.07. The lowest BCUT2D eigenvalue weighted by Gasteiger charge is -2.12. The first-order valence-corrected chi connectivity index (χ1v) is 4.39. The number of halogens is 3. The average Bonchev–Trinajstić information content (AvgIpc) is 2.27. The van der Waals surface area contributed by atoms with Crippen LogP contribution in [0.2, 0.25) is 0 Å². The van der Waals surface area contributed by atoms with Gasteiger partial charge in [0.2, 0.25) is 0 Å². The summed E-state index contributed by atoms with van der Waals surface area (Å²) >= 11 is 0. The number of rotatable bonds is 5. The van der Waals surface area contributed by atoms with Crippen molar-refractivity contribution in [3.63, 3.8) is 0 Å². The number of alkyl halides is 2. The first-order chi connectivity index (χ1) is 7.85. The maximum atomic E-state index is 13.2. The van der Waals surface area contributed by atoms with Crippen LogP contribution in [0.4, 0.5) is 13.2 Å². The molecule has 0 saturated carbocycles. The summed E-state index contributed by atoms with van der Waals surface area (Å²) in [6.45, 7) is 1.76. The van der Waals surface area contributed by atoms with Gasteiger partial charge in [0.25, 0.3) is 11.8 Å². The second-order valence-electron chi connectivity index (χ2n) is 3.07. The van der Waals surface area contributed by atoms with Crippen LogP contribution in [0.1, 0.15) is 10.4 Å².